The lowest BCUT2D eigenvalue weighted by Gasteiger charge is -2.27. The Labute approximate surface area is 261 Å². The molecule has 0 saturated carbocycles. The molecule has 0 N–H and O–H groups in total. The highest BCUT2D eigenvalue weighted by molar-refractivity contribution is 6.19. The van der Waals surface area contributed by atoms with Gasteiger partial charge in [0, 0.05) is 46.0 Å². The molecular weight excluding hydrogens is 570 g/mol. The lowest BCUT2D eigenvalue weighted by molar-refractivity contribution is -0.137. The average Bonchev–Trinajstić information content (AvgIpc) is 3.70. The number of aryl methyl sites for hydroxylation is 1. The third kappa shape index (κ3) is 5.55. The van der Waals surface area contributed by atoms with Gasteiger partial charge in [-0.25, -0.2) is 9.67 Å². The molecule has 4 heterocycles. The molecule has 0 saturated heterocycles. The number of anilines is 2. The van der Waals surface area contributed by atoms with Gasteiger partial charge in [-0.1, -0.05) is 24.3 Å². The van der Waals surface area contributed by atoms with Gasteiger partial charge in [0.25, 0.3) is 5.56 Å². The van der Waals surface area contributed by atoms with E-state index in [1.54, 1.807) is 58.5 Å². The number of para-hydroxylation sites is 1. The number of carbonyl (C=O) groups excluding carboxylic acids is 2. The fourth-order valence-corrected chi connectivity index (χ4v) is 6.09. The van der Waals surface area contributed by atoms with E-state index in [4.69, 9.17) is 4.42 Å². The van der Waals surface area contributed by atoms with E-state index in [-0.39, 0.29) is 17.4 Å². The Balaban J connectivity index is 1.35. The molecular formula is C34H37N7O4. The molecule has 45 heavy (non-hydrogen) atoms. The molecule has 0 unspecified atom stereocenters. The summed E-state index contributed by atoms with van der Waals surface area (Å²) in [7, 11) is 1.73. The first-order valence-corrected chi connectivity index (χ1v) is 15.1. The van der Waals surface area contributed by atoms with Gasteiger partial charge in [0.2, 0.25) is 11.8 Å². The molecule has 232 valence electrons. The van der Waals surface area contributed by atoms with Crippen LogP contribution in [0.25, 0.3) is 16.7 Å². The normalized spacial score (nSPS) is 14.8. The lowest BCUT2D eigenvalue weighted by Crippen LogP contribution is -2.47. The molecule has 0 atom stereocenters. The molecule has 6 rings (SSSR count). The predicted octanol–water partition coefficient (Wildman–Crippen LogP) is 4.54. The fraction of sp³-hybridized carbons (Fsp3) is 0.324. The molecule has 5 aromatic rings. The number of amides is 2. The number of pyridine rings is 1. The van der Waals surface area contributed by atoms with E-state index in [9.17, 15) is 14.4 Å². The maximum atomic E-state index is 13.4. The van der Waals surface area contributed by atoms with Crippen molar-refractivity contribution in [1.82, 2.24) is 24.2 Å². The van der Waals surface area contributed by atoms with E-state index in [0.717, 1.165) is 16.8 Å². The van der Waals surface area contributed by atoms with Crippen LogP contribution in [0.15, 0.2) is 82.7 Å². The first-order valence-electron chi connectivity index (χ1n) is 15.1. The molecule has 3 aromatic heterocycles. The van der Waals surface area contributed by atoms with Gasteiger partial charge in [0.1, 0.15) is 29.4 Å². The number of benzene rings is 2. The van der Waals surface area contributed by atoms with Crippen LogP contribution < -0.4 is 15.4 Å². The van der Waals surface area contributed by atoms with Crippen molar-refractivity contribution in [3.05, 3.63) is 101 Å². The van der Waals surface area contributed by atoms with E-state index in [2.05, 4.69) is 21.0 Å². The molecule has 1 aliphatic heterocycles. The number of fused-ring (bicyclic) bond motifs is 2. The third-order valence-electron chi connectivity index (χ3n) is 8.52. The quantitative estimate of drug-likeness (QED) is 0.226. The molecule has 2 amide bonds. The summed E-state index contributed by atoms with van der Waals surface area (Å²) in [6.07, 6.45) is 4.95. The van der Waals surface area contributed by atoms with Crippen molar-refractivity contribution in [3.8, 4) is 5.69 Å². The minimum absolute atomic E-state index is 0.0931. The van der Waals surface area contributed by atoms with Crippen LogP contribution in [-0.2, 0) is 29.2 Å². The summed E-state index contributed by atoms with van der Waals surface area (Å²) in [5, 5.41) is 4.91. The fourth-order valence-electron chi connectivity index (χ4n) is 6.09. The summed E-state index contributed by atoms with van der Waals surface area (Å²) in [5.41, 5.74) is 3.65. The summed E-state index contributed by atoms with van der Waals surface area (Å²) in [6.45, 7) is 9.69. The van der Waals surface area contributed by atoms with Crippen molar-refractivity contribution in [2.45, 2.75) is 47.3 Å². The molecule has 0 spiro atoms. The summed E-state index contributed by atoms with van der Waals surface area (Å²) in [6, 6.07) is 17.6. The van der Waals surface area contributed by atoms with Crippen molar-refractivity contribution in [2.24, 2.45) is 5.41 Å². The molecule has 11 heteroatoms. The van der Waals surface area contributed by atoms with Gasteiger partial charge in [-0.2, -0.15) is 5.10 Å². The third-order valence-corrected chi connectivity index (χ3v) is 8.52. The number of aromatic nitrogens is 4. The van der Waals surface area contributed by atoms with Gasteiger partial charge in [-0.15, -0.1) is 0 Å². The lowest BCUT2D eigenvalue weighted by atomic mass is 9.90. The van der Waals surface area contributed by atoms with E-state index < -0.39 is 5.41 Å². The Hall–Kier alpha value is -5.03. The van der Waals surface area contributed by atoms with Crippen LogP contribution in [0.1, 0.15) is 37.7 Å². The van der Waals surface area contributed by atoms with Crippen LogP contribution in [0.3, 0.4) is 0 Å². The average molecular weight is 608 g/mol. The molecule has 0 fully saturated rings. The first-order chi connectivity index (χ1) is 21.6. The van der Waals surface area contributed by atoms with Gasteiger partial charge in [0.15, 0.2) is 0 Å². The second-order valence-corrected chi connectivity index (χ2v) is 12.0. The highest BCUT2D eigenvalue weighted by Gasteiger charge is 2.45. The van der Waals surface area contributed by atoms with E-state index in [1.807, 2.05) is 56.3 Å². The SMILES string of the molecule is CCN1C(=O)C(C)(C)C(=O)N(C)c2cc(CN(CCn3ccc4oc(C)cc4c3=O)Cc3ccccc3-n3cncn3)ccc21. The van der Waals surface area contributed by atoms with Gasteiger partial charge in [0.05, 0.1) is 22.4 Å². The van der Waals surface area contributed by atoms with Gasteiger partial charge < -0.3 is 18.8 Å². The minimum Gasteiger partial charge on any atom is -0.461 e. The van der Waals surface area contributed by atoms with Crippen LogP contribution in [0.4, 0.5) is 11.4 Å². The van der Waals surface area contributed by atoms with Crippen molar-refractivity contribution in [3.63, 3.8) is 0 Å². The van der Waals surface area contributed by atoms with E-state index in [1.165, 1.54) is 6.33 Å². The topological polar surface area (TPSA) is 110 Å². The van der Waals surface area contributed by atoms with Crippen molar-refractivity contribution in [1.29, 1.82) is 0 Å². The van der Waals surface area contributed by atoms with Crippen LogP contribution >= 0.6 is 0 Å². The Kier molecular flexibility index (Phi) is 7.88. The molecule has 0 bridgehead atoms. The Bertz CT molecular complexity index is 1940. The Morgan fingerprint density at radius 2 is 1.73 bits per heavy atom. The first kappa shape index (κ1) is 30.0. The van der Waals surface area contributed by atoms with Crippen molar-refractivity contribution in [2.75, 3.05) is 29.9 Å². The van der Waals surface area contributed by atoms with Gasteiger partial charge >= 0.3 is 0 Å². The minimum atomic E-state index is -1.18. The number of furan rings is 1. The molecule has 2 aromatic carbocycles. The number of hydrogen-bond donors (Lipinski definition) is 0. The zero-order valence-corrected chi connectivity index (χ0v) is 26.2. The van der Waals surface area contributed by atoms with Gasteiger partial charge in [-0.05, 0) is 69.2 Å². The zero-order valence-electron chi connectivity index (χ0n) is 26.2. The van der Waals surface area contributed by atoms with Crippen LogP contribution in [-0.4, -0.2) is 56.2 Å². The second-order valence-electron chi connectivity index (χ2n) is 12.0. The number of rotatable bonds is 9. The maximum Gasteiger partial charge on any atom is 0.261 e. The molecule has 11 nitrogen and oxygen atoms in total. The highest BCUT2D eigenvalue weighted by atomic mass is 16.3. The standard InChI is InChI=1S/C34H37N7O4/c1-6-40-28-12-11-24(18-29(28)37(5)32(43)34(3,4)33(40)44)19-38(20-25-9-7-8-10-27(25)41-22-35-21-36-41)15-16-39-14-13-30-26(31(39)42)17-23(2)45-30/h7-14,17-18,21-22H,6,15-16,19-20H2,1-5H3. The van der Waals surface area contributed by atoms with E-state index in [0.29, 0.717) is 60.8 Å². The summed E-state index contributed by atoms with van der Waals surface area (Å²) in [4.78, 5) is 49.7. The largest absolute Gasteiger partial charge is 0.461 e. The summed E-state index contributed by atoms with van der Waals surface area (Å²) >= 11 is 0. The van der Waals surface area contributed by atoms with Crippen LogP contribution in [0.2, 0.25) is 0 Å². The van der Waals surface area contributed by atoms with Crippen molar-refractivity contribution < 1.29 is 14.0 Å². The summed E-state index contributed by atoms with van der Waals surface area (Å²) < 4.78 is 9.11. The molecule has 0 radical (unpaired) electrons. The highest BCUT2D eigenvalue weighted by Crippen LogP contribution is 2.39. The zero-order chi connectivity index (χ0) is 31.9. The van der Waals surface area contributed by atoms with Crippen molar-refractivity contribution >= 4 is 34.2 Å². The molecule has 0 aliphatic carbocycles. The predicted molar refractivity (Wildman–Crippen MR) is 172 cm³/mol. The maximum absolute atomic E-state index is 13.4. The van der Waals surface area contributed by atoms with Crippen LogP contribution in [0, 0.1) is 12.3 Å². The number of nitrogens with zero attached hydrogens (tertiary/aromatic N) is 7. The Morgan fingerprint density at radius 1 is 0.933 bits per heavy atom. The number of carbonyl (C=O) groups is 2. The van der Waals surface area contributed by atoms with E-state index >= 15 is 0 Å². The van der Waals surface area contributed by atoms with Crippen LogP contribution in [0.5, 0.6) is 0 Å². The smallest absolute Gasteiger partial charge is 0.261 e. The summed E-state index contributed by atoms with van der Waals surface area (Å²) in [5.74, 6) is 0.240. The second kappa shape index (κ2) is 11.8. The Morgan fingerprint density at radius 3 is 2.49 bits per heavy atom. The van der Waals surface area contributed by atoms with Gasteiger partial charge in [-0.3, -0.25) is 19.3 Å². The monoisotopic (exact) mass is 607 g/mol. The number of hydrogen-bond acceptors (Lipinski definition) is 7. The molecule has 1 aliphatic rings.